The van der Waals surface area contributed by atoms with Gasteiger partial charge in [-0.1, -0.05) is 50.3 Å². The second-order valence-corrected chi connectivity index (χ2v) is 13.9. The number of aliphatic hydroxyl groups excluding tert-OH is 1. The molecule has 2 fully saturated rings. The molecule has 0 radical (unpaired) electrons. The van der Waals surface area contributed by atoms with E-state index in [9.17, 15) is 24.3 Å². The molecule has 4 bridgehead atoms. The summed E-state index contributed by atoms with van der Waals surface area (Å²) in [5.41, 5.74) is 6.00. The standard InChI is InChI=1S/C37H44N2O10/c1-19-16-20(2)37-25(10-11-26-29(37)30(41)21(3)32(33(26)49-37)48-35(43)24-8-6-7-9-24)17-27(45-5)36(44)47-31(19)22(4)46-28(40)18-39-14-12-23(13-15-39)34(38)42/h6-8,10-16,19,21-22,25-27,29-33,41H,9,17-18H2,1-5H3,(H-,38,42)/p+1/b20-16+/t19-,21-,22-,25?,26-,27+,29+,30-,31+,32-,33-,37+/m1/s1. The van der Waals surface area contributed by atoms with Crippen LogP contribution in [0, 0.1) is 29.6 Å². The molecule has 3 aliphatic carbocycles. The Hall–Kier alpha value is -4.13. The topological polar surface area (TPSA) is 165 Å². The number of nitrogens with zero attached hydrogens (tertiary/aromatic N) is 1. The Kier molecular flexibility index (Phi) is 9.67. The molecule has 3 heterocycles. The molecule has 0 aromatic carbocycles. The number of esters is 3. The van der Waals surface area contributed by atoms with Crippen molar-refractivity contribution in [2.45, 2.75) is 89.3 Å². The lowest BCUT2D eigenvalue weighted by molar-refractivity contribution is -0.686. The van der Waals surface area contributed by atoms with E-state index in [1.807, 2.05) is 51.2 Å². The lowest BCUT2D eigenvalue weighted by atomic mass is 9.57. The molecule has 1 amide bonds. The van der Waals surface area contributed by atoms with Crippen molar-refractivity contribution in [2.75, 3.05) is 7.11 Å². The van der Waals surface area contributed by atoms with Gasteiger partial charge in [-0.15, -0.1) is 0 Å². The molecular weight excluding hydrogens is 632 g/mol. The van der Waals surface area contributed by atoms with Crippen LogP contribution in [0.1, 0.15) is 50.9 Å². The van der Waals surface area contributed by atoms with Crippen molar-refractivity contribution in [1.29, 1.82) is 0 Å². The minimum Gasteiger partial charge on any atom is -0.456 e. The van der Waals surface area contributed by atoms with Gasteiger partial charge in [0.25, 0.3) is 0 Å². The molecule has 12 heteroatoms. The van der Waals surface area contributed by atoms with Crippen LogP contribution in [0.5, 0.6) is 0 Å². The summed E-state index contributed by atoms with van der Waals surface area (Å²) in [5.74, 6) is -3.97. The number of cyclic esters (lactones) is 1. The van der Waals surface area contributed by atoms with Crippen molar-refractivity contribution in [3.63, 3.8) is 0 Å². The van der Waals surface area contributed by atoms with Gasteiger partial charge in [-0.05, 0) is 32.3 Å². The van der Waals surface area contributed by atoms with E-state index in [-0.39, 0.29) is 30.7 Å². The maximum absolute atomic E-state index is 13.7. The van der Waals surface area contributed by atoms with Crippen LogP contribution in [0.3, 0.4) is 0 Å². The van der Waals surface area contributed by atoms with Crippen molar-refractivity contribution in [3.05, 3.63) is 77.7 Å². The quantitative estimate of drug-likeness (QED) is 0.181. The molecule has 1 saturated carbocycles. The Balaban J connectivity index is 1.28. The number of allylic oxidation sites excluding steroid dienone is 3. The fourth-order valence-electron chi connectivity index (χ4n) is 8.47. The summed E-state index contributed by atoms with van der Waals surface area (Å²) in [5, 5.41) is 11.9. The van der Waals surface area contributed by atoms with Gasteiger partial charge in [-0.3, -0.25) is 4.79 Å². The van der Waals surface area contributed by atoms with Crippen LogP contribution >= 0.6 is 0 Å². The Morgan fingerprint density at radius 3 is 2.57 bits per heavy atom. The number of aromatic nitrogens is 1. The number of hydrogen-bond acceptors (Lipinski definition) is 10. The molecule has 6 rings (SSSR count). The van der Waals surface area contributed by atoms with Gasteiger partial charge in [0.05, 0.1) is 11.7 Å². The summed E-state index contributed by atoms with van der Waals surface area (Å²) in [6.45, 7) is 7.25. The second-order valence-electron chi connectivity index (χ2n) is 13.9. The van der Waals surface area contributed by atoms with E-state index < -0.39 is 77.9 Å². The highest BCUT2D eigenvalue weighted by atomic mass is 16.6. The number of carbonyl (C=O) groups is 4. The van der Waals surface area contributed by atoms with Crippen molar-refractivity contribution in [3.8, 4) is 0 Å². The molecule has 1 aromatic rings. The van der Waals surface area contributed by atoms with Crippen LogP contribution in [-0.4, -0.2) is 78.3 Å². The van der Waals surface area contributed by atoms with Crippen LogP contribution < -0.4 is 10.3 Å². The van der Waals surface area contributed by atoms with Gasteiger partial charge in [0.15, 0.2) is 18.5 Å². The highest BCUT2D eigenvalue weighted by Crippen LogP contribution is 2.61. The number of hydrogen-bond donors (Lipinski definition) is 2. The predicted octanol–water partition coefficient (Wildman–Crippen LogP) is 2.28. The van der Waals surface area contributed by atoms with Crippen LogP contribution in [0.15, 0.2) is 72.1 Å². The molecule has 12 atom stereocenters. The molecule has 49 heavy (non-hydrogen) atoms. The smallest absolute Gasteiger partial charge is 0.373 e. The van der Waals surface area contributed by atoms with E-state index in [0.717, 1.165) is 5.57 Å². The molecule has 3 N–H and O–H groups in total. The Morgan fingerprint density at radius 1 is 1.18 bits per heavy atom. The second kappa shape index (κ2) is 13.6. The predicted molar refractivity (Wildman–Crippen MR) is 173 cm³/mol. The monoisotopic (exact) mass is 677 g/mol. The number of rotatable bonds is 8. The summed E-state index contributed by atoms with van der Waals surface area (Å²) in [7, 11) is 1.44. The maximum atomic E-state index is 13.7. The zero-order valence-corrected chi connectivity index (χ0v) is 28.4. The largest absolute Gasteiger partial charge is 0.456 e. The fraction of sp³-hybridized carbons (Fsp3) is 0.541. The lowest BCUT2D eigenvalue weighted by Crippen LogP contribution is -2.57. The van der Waals surface area contributed by atoms with E-state index in [4.69, 9.17) is 29.4 Å². The van der Waals surface area contributed by atoms with Gasteiger partial charge < -0.3 is 34.5 Å². The number of carbonyl (C=O) groups excluding carboxylic acids is 4. The summed E-state index contributed by atoms with van der Waals surface area (Å²) in [4.78, 5) is 51.2. The number of ether oxygens (including phenoxy) is 5. The molecule has 1 aromatic heterocycles. The molecule has 1 spiro atoms. The molecule has 1 unspecified atom stereocenters. The number of methoxy groups -OCH3 is 1. The number of aliphatic hydroxyl groups is 1. The van der Waals surface area contributed by atoms with Gasteiger partial charge >= 0.3 is 17.9 Å². The SMILES string of the molecule is CO[C@H]1CC2C=C[C@H]3[C@H]4O[C@]2(/C(C)=C/[C@@H](C)[C@@H]([C@@H](C)OC(=O)C[n+]2ccc(C(N)=O)cc2)OC1=O)[C@@H]3[C@H](O)[C@@H](C)[C@H]4OC(=O)C1=CC=CC1. The zero-order chi connectivity index (χ0) is 35.2. The third-order valence-electron chi connectivity index (χ3n) is 10.9. The van der Waals surface area contributed by atoms with Gasteiger partial charge in [0.2, 0.25) is 12.5 Å². The molecule has 1 saturated heterocycles. The summed E-state index contributed by atoms with van der Waals surface area (Å²) >= 11 is 0. The lowest BCUT2D eigenvalue weighted by Gasteiger charge is -2.49. The number of amides is 1. The zero-order valence-electron chi connectivity index (χ0n) is 28.4. The van der Waals surface area contributed by atoms with Crippen LogP contribution in [-0.2, 0) is 44.6 Å². The van der Waals surface area contributed by atoms with Crippen molar-refractivity contribution in [1.82, 2.24) is 0 Å². The molecular formula is C37H45N2O10+. The highest BCUT2D eigenvalue weighted by Gasteiger charge is 2.69. The first-order valence-corrected chi connectivity index (χ1v) is 16.9. The third-order valence-corrected chi connectivity index (χ3v) is 10.9. The van der Waals surface area contributed by atoms with E-state index in [0.29, 0.717) is 17.6 Å². The van der Waals surface area contributed by atoms with E-state index >= 15 is 0 Å². The minimum absolute atomic E-state index is 0.140. The number of pyridine rings is 1. The van der Waals surface area contributed by atoms with Crippen molar-refractivity contribution >= 4 is 23.8 Å². The van der Waals surface area contributed by atoms with Crippen LogP contribution in [0.25, 0.3) is 0 Å². The third kappa shape index (κ3) is 6.26. The van der Waals surface area contributed by atoms with Crippen LogP contribution in [0.2, 0.25) is 0 Å². The summed E-state index contributed by atoms with van der Waals surface area (Å²) in [6.07, 6.45) is 10.6. The molecule has 262 valence electrons. The normalized spacial score (nSPS) is 38.0. The first-order valence-electron chi connectivity index (χ1n) is 16.9. The first-order chi connectivity index (χ1) is 23.3. The average Bonchev–Trinajstić information content (AvgIpc) is 3.67. The first kappa shape index (κ1) is 34.7. The van der Waals surface area contributed by atoms with E-state index in [2.05, 4.69) is 0 Å². The Bertz CT molecular complexity index is 1610. The van der Waals surface area contributed by atoms with Crippen molar-refractivity contribution < 1.29 is 52.5 Å². The minimum atomic E-state index is -1.02. The molecule has 2 aliphatic heterocycles. The number of nitrogens with two attached hydrogens (primary N) is 1. The van der Waals surface area contributed by atoms with E-state index in [1.54, 1.807) is 30.0 Å². The number of primary amides is 1. The Morgan fingerprint density at radius 2 is 1.92 bits per heavy atom. The van der Waals surface area contributed by atoms with Crippen LogP contribution in [0.4, 0.5) is 0 Å². The summed E-state index contributed by atoms with van der Waals surface area (Å²) in [6, 6.07) is 3.02. The highest BCUT2D eigenvalue weighted by molar-refractivity contribution is 5.92. The van der Waals surface area contributed by atoms with E-state index in [1.165, 1.54) is 19.2 Å². The molecule has 12 nitrogen and oxygen atoms in total. The van der Waals surface area contributed by atoms with Gasteiger partial charge in [-0.25, -0.2) is 14.4 Å². The van der Waals surface area contributed by atoms with Crippen molar-refractivity contribution in [2.24, 2.45) is 35.3 Å². The van der Waals surface area contributed by atoms with Gasteiger partial charge in [0.1, 0.15) is 30.0 Å². The fourth-order valence-corrected chi connectivity index (χ4v) is 8.47. The van der Waals surface area contributed by atoms with Gasteiger partial charge in [0, 0.05) is 54.4 Å². The Labute approximate surface area is 285 Å². The van der Waals surface area contributed by atoms with Gasteiger partial charge in [-0.2, -0.15) is 4.57 Å². The maximum Gasteiger partial charge on any atom is 0.373 e. The molecule has 5 aliphatic rings. The average molecular weight is 678 g/mol. The summed E-state index contributed by atoms with van der Waals surface area (Å²) < 4.78 is 32.2.